The van der Waals surface area contributed by atoms with E-state index in [-0.39, 0.29) is 0 Å². The molecule has 1 amide bonds. The number of nitrogens with one attached hydrogen (secondary N) is 2. The maximum atomic E-state index is 12.2. The molecule has 5 aromatic rings. The SMILES string of the molecule is Cc1c(-c2cc3cc(Nc4cc5n(n4)Cc4nccn4CC5)ncc3c(N)n2)cnc2c1NC(=O)[C@@]2(C)O. The summed E-state index contributed by atoms with van der Waals surface area (Å²) in [6, 6.07) is 5.84. The van der Waals surface area contributed by atoms with E-state index in [1.807, 2.05) is 42.2 Å². The van der Waals surface area contributed by atoms with Crippen molar-refractivity contribution in [2.75, 3.05) is 16.4 Å². The van der Waals surface area contributed by atoms with E-state index in [2.05, 4.69) is 35.1 Å². The number of nitrogen functional groups attached to an aromatic ring is 1. The number of nitrogens with zero attached hydrogens (tertiary/aromatic N) is 7. The number of aromatic nitrogens is 7. The van der Waals surface area contributed by atoms with Gasteiger partial charge in [-0.1, -0.05) is 0 Å². The third-order valence-electron chi connectivity index (χ3n) is 7.32. The third-order valence-corrected chi connectivity index (χ3v) is 7.32. The molecule has 38 heavy (non-hydrogen) atoms. The molecule has 0 radical (unpaired) electrons. The number of pyridine rings is 3. The second kappa shape index (κ2) is 7.83. The van der Waals surface area contributed by atoms with E-state index in [1.54, 1.807) is 12.4 Å². The highest BCUT2D eigenvalue weighted by atomic mass is 16.3. The average Bonchev–Trinajstić information content (AvgIpc) is 3.52. The van der Waals surface area contributed by atoms with E-state index in [0.717, 1.165) is 40.8 Å². The lowest BCUT2D eigenvalue weighted by Crippen LogP contribution is -2.30. The Labute approximate surface area is 216 Å². The Bertz CT molecular complexity index is 1780. The molecule has 190 valence electrons. The monoisotopic (exact) mass is 508 g/mol. The minimum atomic E-state index is -1.67. The van der Waals surface area contributed by atoms with Crippen molar-refractivity contribution in [2.45, 2.75) is 39.0 Å². The largest absolute Gasteiger partial charge is 0.383 e. The first-order valence-electron chi connectivity index (χ1n) is 12.2. The molecule has 12 heteroatoms. The Morgan fingerprint density at radius 3 is 2.89 bits per heavy atom. The number of imidazole rings is 1. The van der Waals surface area contributed by atoms with E-state index in [0.29, 0.717) is 46.6 Å². The molecule has 1 atom stereocenters. The summed E-state index contributed by atoms with van der Waals surface area (Å²) >= 11 is 0. The van der Waals surface area contributed by atoms with Gasteiger partial charge in [0.15, 0.2) is 11.4 Å². The number of hydrogen-bond acceptors (Lipinski definition) is 9. The molecule has 12 nitrogen and oxygen atoms in total. The molecule has 0 spiro atoms. The molecule has 0 fully saturated rings. The van der Waals surface area contributed by atoms with E-state index in [9.17, 15) is 9.90 Å². The summed E-state index contributed by atoms with van der Waals surface area (Å²) in [5.41, 5.74) is 8.62. The Kier molecular flexibility index (Phi) is 4.61. The number of anilines is 4. The van der Waals surface area contributed by atoms with Crippen LogP contribution in [0.25, 0.3) is 22.0 Å². The summed E-state index contributed by atoms with van der Waals surface area (Å²) < 4.78 is 4.12. The topological polar surface area (TPSA) is 162 Å². The fourth-order valence-corrected chi connectivity index (χ4v) is 5.16. The van der Waals surface area contributed by atoms with Gasteiger partial charge in [-0.25, -0.2) is 15.0 Å². The van der Waals surface area contributed by atoms with Gasteiger partial charge in [0.25, 0.3) is 5.91 Å². The predicted molar refractivity (Wildman–Crippen MR) is 141 cm³/mol. The molecular weight excluding hydrogens is 484 g/mol. The molecule has 5 aromatic heterocycles. The number of nitrogens with two attached hydrogens (primary N) is 1. The third kappa shape index (κ3) is 3.34. The van der Waals surface area contributed by atoms with Crippen molar-refractivity contribution in [1.82, 2.24) is 34.3 Å². The number of carbonyl (C=O) groups is 1. The van der Waals surface area contributed by atoms with Gasteiger partial charge in [0.1, 0.15) is 23.2 Å². The molecule has 0 saturated carbocycles. The first-order chi connectivity index (χ1) is 18.3. The van der Waals surface area contributed by atoms with Gasteiger partial charge in [-0.3, -0.25) is 14.5 Å². The first-order valence-corrected chi connectivity index (χ1v) is 12.2. The molecule has 7 heterocycles. The lowest BCUT2D eigenvalue weighted by molar-refractivity contribution is -0.132. The van der Waals surface area contributed by atoms with Gasteiger partial charge in [0, 0.05) is 60.5 Å². The fraction of sp³-hybridized carbons (Fsp3) is 0.231. The number of amides is 1. The Morgan fingerprint density at radius 2 is 2.03 bits per heavy atom. The summed E-state index contributed by atoms with van der Waals surface area (Å²) in [6.07, 6.45) is 7.97. The lowest BCUT2D eigenvalue weighted by Gasteiger charge is -2.14. The highest BCUT2D eigenvalue weighted by Crippen LogP contribution is 2.40. The summed E-state index contributed by atoms with van der Waals surface area (Å²) in [4.78, 5) is 30.1. The highest BCUT2D eigenvalue weighted by molar-refractivity contribution is 6.05. The van der Waals surface area contributed by atoms with Crippen molar-refractivity contribution in [3.05, 3.63) is 65.8 Å². The van der Waals surface area contributed by atoms with Gasteiger partial charge in [0.05, 0.1) is 17.9 Å². The molecule has 2 aliphatic rings. The number of carbonyl (C=O) groups excluding carboxylic acids is 1. The standard InChI is InChI=1S/C26H24N10O2/c1-13-16(10-30-23-22(13)33-25(37)26(23,2)38)18-7-14-8-19(29-11-17(14)24(27)31-18)32-20-9-15-3-5-35-6-4-28-21(35)12-36(15)34-20/h4,6-11,38H,3,5,12H2,1-2H3,(H2,27,31)(H,33,37)(H,29,32,34)/t26-/m0/s1. The van der Waals surface area contributed by atoms with Crippen molar-refractivity contribution in [3.8, 4) is 11.3 Å². The Morgan fingerprint density at radius 1 is 1.16 bits per heavy atom. The van der Waals surface area contributed by atoms with Crippen LogP contribution in [0.2, 0.25) is 0 Å². The number of hydrogen-bond donors (Lipinski definition) is 4. The molecule has 0 saturated heterocycles. The fourth-order valence-electron chi connectivity index (χ4n) is 5.16. The summed E-state index contributed by atoms with van der Waals surface area (Å²) in [7, 11) is 0. The van der Waals surface area contributed by atoms with Crippen LogP contribution in [0.4, 0.5) is 23.1 Å². The predicted octanol–water partition coefficient (Wildman–Crippen LogP) is 2.48. The van der Waals surface area contributed by atoms with Gasteiger partial charge in [-0.2, -0.15) is 5.10 Å². The molecule has 0 unspecified atom stereocenters. The molecule has 0 aliphatic carbocycles. The van der Waals surface area contributed by atoms with Crippen molar-refractivity contribution in [3.63, 3.8) is 0 Å². The van der Waals surface area contributed by atoms with Gasteiger partial charge in [0.2, 0.25) is 0 Å². The van der Waals surface area contributed by atoms with Crippen molar-refractivity contribution in [2.24, 2.45) is 0 Å². The van der Waals surface area contributed by atoms with Crippen molar-refractivity contribution >= 4 is 39.8 Å². The minimum Gasteiger partial charge on any atom is -0.383 e. The number of aliphatic hydroxyl groups is 1. The van der Waals surface area contributed by atoms with E-state index in [1.165, 1.54) is 6.92 Å². The van der Waals surface area contributed by atoms with Crippen LogP contribution < -0.4 is 16.4 Å². The van der Waals surface area contributed by atoms with Crippen LogP contribution in [0.3, 0.4) is 0 Å². The maximum Gasteiger partial charge on any atom is 0.262 e. The second-order valence-corrected chi connectivity index (χ2v) is 9.82. The van der Waals surface area contributed by atoms with E-state index >= 15 is 0 Å². The van der Waals surface area contributed by atoms with Crippen LogP contribution in [0, 0.1) is 6.92 Å². The quantitative estimate of drug-likeness (QED) is 0.287. The van der Waals surface area contributed by atoms with Gasteiger partial charge < -0.3 is 26.0 Å². The van der Waals surface area contributed by atoms with E-state index in [4.69, 9.17) is 10.8 Å². The van der Waals surface area contributed by atoms with Crippen molar-refractivity contribution in [1.29, 1.82) is 0 Å². The minimum absolute atomic E-state index is 0.302. The van der Waals surface area contributed by atoms with Crippen LogP contribution in [0.5, 0.6) is 0 Å². The van der Waals surface area contributed by atoms with Crippen molar-refractivity contribution < 1.29 is 9.90 Å². The smallest absolute Gasteiger partial charge is 0.262 e. The van der Waals surface area contributed by atoms with Gasteiger partial charge in [-0.15, -0.1) is 0 Å². The average molecular weight is 509 g/mol. The highest BCUT2D eigenvalue weighted by Gasteiger charge is 2.43. The Hall–Kier alpha value is -4.84. The summed E-state index contributed by atoms with van der Waals surface area (Å²) in [6.45, 7) is 4.77. The summed E-state index contributed by atoms with van der Waals surface area (Å²) in [5.74, 6) is 2.13. The molecule has 0 bridgehead atoms. The zero-order valence-electron chi connectivity index (χ0n) is 20.7. The molecule has 0 aromatic carbocycles. The zero-order valence-corrected chi connectivity index (χ0v) is 20.7. The van der Waals surface area contributed by atoms with Crippen LogP contribution in [0.15, 0.2) is 43.0 Å². The number of rotatable bonds is 3. The van der Waals surface area contributed by atoms with Crippen LogP contribution in [-0.4, -0.2) is 45.3 Å². The zero-order chi connectivity index (χ0) is 26.2. The summed E-state index contributed by atoms with van der Waals surface area (Å²) in [5, 5.41) is 22.8. The van der Waals surface area contributed by atoms with E-state index < -0.39 is 11.5 Å². The van der Waals surface area contributed by atoms with Gasteiger partial charge in [-0.05, 0) is 36.9 Å². The van der Waals surface area contributed by atoms with Crippen LogP contribution in [-0.2, 0) is 29.9 Å². The van der Waals surface area contributed by atoms with Crippen LogP contribution >= 0.6 is 0 Å². The molecule has 2 aliphatic heterocycles. The molecular formula is C26H24N10O2. The number of fused-ring (bicyclic) bond motifs is 4. The van der Waals surface area contributed by atoms with Gasteiger partial charge >= 0.3 is 0 Å². The lowest BCUT2D eigenvalue weighted by atomic mass is 9.98. The second-order valence-electron chi connectivity index (χ2n) is 9.82. The number of aryl methyl sites for hydroxylation is 2. The Balaban J connectivity index is 1.23. The van der Waals surface area contributed by atoms with Crippen LogP contribution in [0.1, 0.15) is 29.7 Å². The first kappa shape index (κ1) is 22.4. The molecule has 5 N–H and O–H groups in total. The maximum absolute atomic E-state index is 12.2. The molecule has 7 rings (SSSR count). The normalized spacial score (nSPS) is 18.0.